The second kappa shape index (κ2) is 3.25. The topological polar surface area (TPSA) is 53.4 Å². The largest absolute Gasteiger partial charge is 0.264 e. The summed E-state index contributed by atoms with van der Waals surface area (Å²) in [5.41, 5.74) is 0. The lowest BCUT2D eigenvalue weighted by Crippen LogP contribution is -2.71. The summed E-state index contributed by atoms with van der Waals surface area (Å²) >= 11 is 0. The molecular formula is C6H14N4O2. The Morgan fingerprint density at radius 3 is 0.833 bits per heavy atom. The van der Waals surface area contributed by atoms with E-state index in [0.29, 0.717) is 0 Å². The van der Waals surface area contributed by atoms with Crippen LogP contribution in [0.2, 0.25) is 0 Å². The Morgan fingerprint density at radius 2 is 0.667 bits per heavy atom. The lowest BCUT2D eigenvalue weighted by molar-refractivity contribution is -0.194. The third-order valence-corrected chi connectivity index (χ3v) is 2.40. The van der Waals surface area contributed by atoms with Gasteiger partial charge in [-0.25, -0.2) is 0 Å². The fraction of sp³-hybridized carbons (Fsp3) is 1.00. The van der Waals surface area contributed by atoms with E-state index in [9.17, 15) is 0 Å². The van der Waals surface area contributed by atoms with Crippen molar-refractivity contribution >= 4 is 0 Å². The molecule has 0 atom stereocenters. The average molecular weight is 174 g/mol. The van der Waals surface area contributed by atoms with E-state index in [1.807, 2.05) is 0 Å². The van der Waals surface area contributed by atoms with Gasteiger partial charge in [-0.3, -0.25) is 30.1 Å². The molecule has 4 rings (SSSR count). The molecule has 0 spiro atoms. The van der Waals surface area contributed by atoms with Gasteiger partial charge in [0.05, 0.1) is 40.0 Å². The zero-order chi connectivity index (χ0) is 8.55. The van der Waals surface area contributed by atoms with Gasteiger partial charge in [0, 0.05) is 0 Å². The predicted molar refractivity (Wildman–Crippen MR) is 41.8 cm³/mol. The summed E-state index contributed by atoms with van der Waals surface area (Å²) in [5.74, 6) is 0. The van der Waals surface area contributed by atoms with Crippen LogP contribution in [0.4, 0.5) is 0 Å². The highest BCUT2D eigenvalue weighted by atomic mass is 17.0. The average Bonchev–Trinajstić information content (AvgIpc) is 2.05. The quantitative estimate of drug-likeness (QED) is 0.363. The predicted octanol–water partition coefficient (Wildman–Crippen LogP) is -1.00. The van der Waals surface area contributed by atoms with Crippen molar-refractivity contribution in [2.45, 2.75) is 0 Å². The number of hydrogen-bond donors (Lipinski definition) is 2. The van der Waals surface area contributed by atoms with Crippen LogP contribution in [0.1, 0.15) is 0 Å². The molecule has 0 amide bonds. The van der Waals surface area contributed by atoms with E-state index in [0.717, 1.165) is 0 Å². The molecule has 0 aromatic heterocycles. The van der Waals surface area contributed by atoms with Crippen molar-refractivity contribution in [3.63, 3.8) is 0 Å². The van der Waals surface area contributed by atoms with Gasteiger partial charge in [0.25, 0.3) is 0 Å². The smallest absolute Gasteiger partial charge is 0.0555 e. The Morgan fingerprint density at radius 1 is 0.500 bits per heavy atom. The molecule has 0 unspecified atom stereocenters. The molecule has 4 aliphatic heterocycles. The minimum atomic E-state index is 1.19. The molecule has 4 aliphatic rings. The SMILES string of the molecule is C1N2CN3CN1CN(C2)C3.OO. The molecular weight excluding hydrogens is 160 g/mol. The van der Waals surface area contributed by atoms with Gasteiger partial charge in [0.1, 0.15) is 0 Å². The minimum Gasteiger partial charge on any atom is -0.264 e. The molecule has 0 saturated carbocycles. The van der Waals surface area contributed by atoms with Crippen LogP contribution in [0, 0.1) is 0 Å². The van der Waals surface area contributed by atoms with Gasteiger partial charge >= 0.3 is 0 Å². The van der Waals surface area contributed by atoms with Crippen molar-refractivity contribution in [1.82, 2.24) is 19.6 Å². The summed E-state index contributed by atoms with van der Waals surface area (Å²) in [6.07, 6.45) is 0. The monoisotopic (exact) mass is 174 g/mol. The molecule has 0 aromatic rings. The zero-order valence-electron chi connectivity index (χ0n) is 6.93. The first-order valence-corrected chi connectivity index (χ1v) is 3.99. The Balaban J connectivity index is 0.000000264. The molecule has 6 nitrogen and oxygen atoms in total. The zero-order valence-corrected chi connectivity index (χ0v) is 6.93. The van der Waals surface area contributed by atoms with E-state index in [1.165, 1.54) is 40.0 Å². The minimum absolute atomic E-state index is 1.19. The van der Waals surface area contributed by atoms with E-state index in [1.54, 1.807) is 0 Å². The molecule has 0 radical (unpaired) electrons. The first-order valence-electron chi connectivity index (χ1n) is 3.99. The maximum Gasteiger partial charge on any atom is 0.0555 e. The second-order valence-electron chi connectivity index (χ2n) is 3.53. The number of hydrogen-bond acceptors (Lipinski definition) is 6. The van der Waals surface area contributed by atoms with Gasteiger partial charge in [0.15, 0.2) is 0 Å². The summed E-state index contributed by atoms with van der Waals surface area (Å²) in [6.45, 7) is 7.12. The third kappa shape index (κ3) is 1.33. The van der Waals surface area contributed by atoms with Gasteiger partial charge in [-0.2, -0.15) is 0 Å². The Bertz CT molecular complexity index is 109. The van der Waals surface area contributed by atoms with Gasteiger partial charge in [-0.05, 0) is 0 Å². The lowest BCUT2D eigenvalue weighted by Gasteiger charge is -2.56. The molecule has 70 valence electrons. The third-order valence-electron chi connectivity index (χ3n) is 2.40. The molecule has 6 heteroatoms. The molecule has 4 heterocycles. The van der Waals surface area contributed by atoms with Gasteiger partial charge in [-0.15, -0.1) is 0 Å². The normalized spacial score (nSPS) is 48.5. The Kier molecular flexibility index (Phi) is 2.26. The van der Waals surface area contributed by atoms with Crippen molar-refractivity contribution < 1.29 is 10.5 Å². The summed E-state index contributed by atoms with van der Waals surface area (Å²) in [7, 11) is 0. The van der Waals surface area contributed by atoms with Crippen LogP contribution >= 0.6 is 0 Å². The van der Waals surface area contributed by atoms with Crippen molar-refractivity contribution in [3.8, 4) is 0 Å². The van der Waals surface area contributed by atoms with Crippen molar-refractivity contribution in [2.75, 3.05) is 40.0 Å². The van der Waals surface area contributed by atoms with Crippen LogP contribution < -0.4 is 0 Å². The van der Waals surface area contributed by atoms with Crippen molar-refractivity contribution in [2.24, 2.45) is 0 Å². The van der Waals surface area contributed by atoms with E-state index in [-0.39, 0.29) is 0 Å². The maximum absolute atomic E-state index is 6.00. The Hall–Kier alpha value is -0.240. The van der Waals surface area contributed by atoms with E-state index < -0.39 is 0 Å². The molecule has 4 saturated heterocycles. The number of rotatable bonds is 0. The molecule has 0 aliphatic carbocycles. The highest BCUT2D eigenvalue weighted by Gasteiger charge is 2.36. The molecule has 4 bridgehead atoms. The standard InChI is InChI=1S/C6H12N4.H2O2/c1-7-2-9-4-8(1)5-10(3-7)6-9;1-2/h1-6H2;1-2H. The fourth-order valence-corrected chi connectivity index (χ4v) is 2.23. The van der Waals surface area contributed by atoms with Crippen LogP contribution in [0.3, 0.4) is 0 Å². The van der Waals surface area contributed by atoms with Crippen LogP contribution in [-0.4, -0.2) is 70.1 Å². The van der Waals surface area contributed by atoms with Gasteiger partial charge in [-0.1, -0.05) is 0 Å². The summed E-state index contributed by atoms with van der Waals surface area (Å²) in [4.78, 5) is 9.88. The molecule has 12 heavy (non-hydrogen) atoms. The van der Waals surface area contributed by atoms with Crippen LogP contribution in [0.15, 0.2) is 0 Å². The van der Waals surface area contributed by atoms with Crippen molar-refractivity contribution in [3.05, 3.63) is 0 Å². The van der Waals surface area contributed by atoms with Crippen LogP contribution in [0.5, 0.6) is 0 Å². The first kappa shape index (κ1) is 8.36. The lowest BCUT2D eigenvalue weighted by atomic mass is 10.4. The van der Waals surface area contributed by atoms with Gasteiger partial charge < -0.3 is 0 Å². The van der Waals surface area contributed by atoms with Crippen LogP contribution in [0.25, 0.3) is 0 Å². The Labute approximate surface area is 71.1 Å². The van der Waals surface area contributed by atoms with E-state index >= 15 is 0 Å². The molecule has 4 fully saturated rings. The van der Waals surface area contributed by atoms with Gasteiger partial charge in [0.2, 0.25) is 0 Å². The summed E-state index contributed by atoms with van der Waals surface area (Å²) in [6, 6.07) is 0. The molecule has 2 N–H and O–H groups in total. The van der Waals surface area contributed by atoms with Crippen LogP contribution in [-0.2, 0) is 0 Å². The summed E-state index contributed by atoms with van der Waals surface area (Å²) < 4.78 is 0. The first-order chi connectivity index (χ1) is 5.90. The second-order valence-corrected chi connectivity index (χ2v) is 3.53. The summed E-state index contributed by atoms with van der Waals surface area (Å²) in [5, 5.41) is 12.0. The van der Waals surface area contributed by atoms with E-state index in [2.05, 4.69) is 19.6 Å². The molecule has 0 aromatic carbocycles. The maximum atomic E-state index is 6.00. The highest BCUT2D eigenvalue weighted by Crippen LogP contribution is 2.20. The highest BCUT2D eigenvalue weighted by molar-refractivity contribution is 4.79. The van der Waals surface area contributed by atoms with Crippen molar-refractivity contribution in [1.29, 1.82) is 0 Å². The fourth-order valence-electron chi connectivity index (χ4n) is 2.23. The van der Waals surface area contributed by atoms with E-state index in [4.69, 9.17) is 10.5 Å². The number of nitrogens with zero attached hydrogens (tertiary/aromatic N) is 4.